The van der Waals surface area contributed by atoms with E-state index in [1.807, 2.05) is 42.5 Å². The van der Waals surface area contributed by atoms with Crippen molar-refractivity contribution in [3.05, 3.63) is 90.3 Å². The Morgan fingerprint density at radius 1 is 1.09 bits per heavy atom. The third kappa shape index (κ3) is 4.56. The van der Waals surface area contributed by atoms with Crippen molar-refractivity contribution in [2.75, 3.05) is 14.2 Å². The lowest BCUT2D eigenvalue weighted by molar-refractivity contribution is 0.0952. The van der Waals surface area contributed by atoms with Crippen LogP contribution in [0.2, 0.25) is 0 Å². The maximum Gasteiger partial charge on any atom is 0.252 e. The number of rotatable bonds is 8. The summed E-state index contributed by atoms with van der Waals surface area (Å²) in [6, 6.07) is 14.6. The van der Waals surface area contributed by atoms with Crippen LogP contribution in [0.15, 0.2) is 77.8 Å². The molecule has 0 atom stereocenters. The molecule has 176 valence electrons. The molecule has 0 bridgehead atoms. The topological polar surface area (TPSA) is 104 Å². The predicted molar refractivity (Wildman–Crippen MR) is 129 cm³/mol. The van der Waals surface area contributed by atoms with Crippen LogP contribution in [0, 0.1) is 0 Å². The first kappa shape index (κ1) is 22.1. The third-order valence-electron chi connectivity index (χ3n) is 5.62. The summed E-state index contributed by atoms with van der Waals surface area (Å²) < 4.78 is 17.9. The van der Waals surface area contributed by atoms with Crippen molar-refractivity contribution in [2.45, 2.75) is 13.1 Å². The summed E-state index contributed by atoms with van der Waals surface area (Å²) in [4.78, 5) is 22.4. The minimum absolute atomic E-state index is 0.256. The predicted octanol–water partition coefficient (Wildman–Crippen LogP) is 4.08. The van der Waals surface area contributed by atoms with Crippen LogP contribution in [0.5, 0.6) is 11.5 Å². The summed E-state index contributed by atoms with van der Waals surface area (Å²) in [6.07, 6.45) is 6.67. The Bertz CT molecular complexity index is 1460. The maximum absolute atomic E-state index is 13.4. The van der Waals surface area contributed by atoms with Gasteiger partial charge in [-0.2, -0.15) is 5.10 Å². The summed E-state index contributed by atoms with van der Waals surface area (Å²) in [5.41, 5.74) is 3.25. The van der Waals surface area contributed by atoms with E-state index in [2.05, 4.69) is 15.4 Å². The van der Waals surface area contributed by atoms with Crippen molar-refractivity contribution < 1.29 is 18.7 Å². The molecule has 0 aliphatic rings. The van der Waals surface area contributed by atoms with Gasteiger partial charge in [-0.05, 0) is 48.5 Å². The highest BCUT2D eigenvalue weighted by Crippen LogP contribution is 2.27. The van der Waals surface area contributed by atoms with Crippen LogP contribution < -0.4 is 14.8 Å². The molecule has 4 aromatic heterocycles. The van der Waals surface area contributed by atoms with E-state index in [1.165, 1.54) is 0 Å². The van der Waals surface area contributed by atoms with E-state index < -0.39 is 0 Å². The summed E-state index contributed by atoms with van der Waals surface area (Å²) in [5, 5.41) is 8.11. The van der Waals surface area contributed by atoms with Crippen molar-refractivity contribution in [3.8, 4) is 22.8 Å². The lowest BCUT2D eigenvalue weighted by atomic mass is 10.1. The molecule has 1 aromatic carbocycles. The van der Waals surface area contributed by atoms with Crippen LogP contribution in [0.4, 0.5) is 0 Å². The Hall–Kier alpha value is -4.66. The molecule has 4 heterocycles. The highest BCUT2D eigenvalue weighted by Gasteiger charge is 2.19. The zero-order chi connectivity index (χ0) is 24.2. The molecule has 0 saturated heterocycles. The zero-order valence-electron chi connectivity index (χ0n) is 19.3. The number of hydrogen-bond donors (Lipinski definition) is 1. The quantitative estimate of drug-likeness (QED) is 0.365. The van der Waals surface area contributed by atoms with Crippen molar-refractivity contribution >= 4 is 16.9 Å². The fraction of sp³-hybridized carbons (Fsp3) is 0.154. The van der Waals surface area contributed by atoms with Crippen LogP contribution in [0.3, 0.4) is 0 Å². The molecule has 9 heteroatoms. The number of furan rings is 1. The molecule has 1 amide bonds. The minimum atomic E-state index is -0.259. The number of hydrogen-bond acceptors (Lipinski definition) is 7. The van der Waals surface area contributed by atoms with Gasteiger partial charge in [0.25, 0.3) is 5.91 Å². The summed E-state index contributed by atoms with van der Waals surface area (Å²) in [7, 11) is 3.19. The van der Waals surface area contributed by atoms with Crippen LogP contribution in [-0.2, 0) is 13.1 Å². The van der Waals surface area contributed by atoms with Gasteiger partial charge in [-0.15, -0.1) is 0 Å². The first-order chi connectivity index (χ1) is 17.2. The van der Waals surface area contributed by atoms with Gasteiger partial charge in [-0.3, -0.25) is 9.78 Å². The van der Waals surface area contributed by atoms with E-state index in [0.717, 1.165) is 16.9 Å². The molecule has 0 spiro atoms. The van der Waals surface area contributed by atoms with Crippen LogP contribution in [-0.4, -0.2) is 39.9 Å². The van der Waals surface area contributed by atoms with Crippen molar-refractivity contribution in [1.82, 2.24) is 25.1 Å². The lowest BCUT2D eigenvalue weighted by Gasteiger charge is -2.12. The largest absolute Gasteiger partial charge is 0.497 e. The molecule has 0 saturated carbocycles. The average molecular weight is 470 g/mol. The van der Waals surface area contributed by atoms with E-state index >= 15 is 0 Å². The number of carbonyl (C=O) groups is 1. The third-order valence-corrected chi connectivity index (χ3v) is 5.62. The monoisotopic (exact) mass is 469 g/mol. The standard InChI is InChI=1S/C26H23N5O4/c1-33-19-7-8-24(34-2)18(11-19)14-28-26(32)21-12-23(17-5-3-9-27-13-17)30-25-22(21)15-29-31(25)16-20-6-4-10-35-20/h3-13,15H,14,16H2,1-2H3,(H,28,32). The summed E-state index contributed by atoms with van der Waals surface area (Å²) >= 11 is 0. The number of ether oxygens (including phenoxy) is 2. The molecule has 0 radical (unpaired) electrons. The molecule has 5 rings (SSSR count). The van der Waals surface area contributed by atoms with E-state index in [1.54, 1.807) is 49.8 Å². The molecule has 0 fully saturated rings. The van der Waals surface area contributed by atoms with E-state index in [9.17, 15) is 4.79 Å². The number of nitrogens with one attached hydrogen (secondary N) is 1. The molecular weight excluding hydrogens is 446 g/mol. The second kappa shape index (κ2) is 9.68. The highest BCUT2D eigenvalue weighted by atomic mass is 16.5. The minimum Gasteiger partial charge on any atom is -0.497 e. The van der Waals surface area contributed by atoms with Gasteiger partial charge in [0.05, 0.1) is 43.3 Å². The maximum atomic E-state index is 13.4. The van der Waals surface area contributed by atoms with Gasteiger partial charge in [0.15, 0.2) is 5.65 Å². The van der Waals surface area contributed by atoms with Gasteiger partial charge >= 0.3 is 0 Å². The normalized spacial score (nSPS) is 10.9. The van der Waals surface area contributed by atoms with Gasteiger partial charge in [0.1, 0.15) is 23.8 Å². The summed E-state index contributed by atoms with van der Waals surface area (Å²) in [6.45, 7) is 0.647. The van der Waals surface area contributed by atoms with Crippen molar-refractivity contribution in [3.63, 3.8) is 0 Å². The lowest BCUT2D eigenvalue weighted by Crippen LogP contribution is -2.23. The smallest absolute Gasteiger partial charge is 0.252 e. The van der Waals surface area contributed by atoms with Crippen LogP contribution in [0.1, 0.15) is 21.7 Å². The summed E-state index contributed by atoms with van der Waals surface area (Å²) in [5.74, 6) is 1.82. The number of fused-ring (bicyclic) bond motifs is 1. The van der Waals surface area contributed by atoms with Crippen LogP contribution >= 0.6 is 0 Å². The molecule has 35 heavy (non-hydrogen) atoms. The molecule has 9 nitrogen and oxygen atoms in total. The number of amides is 1. The van der Waals surface area contributed by atoms with Crippen LogP contribution in [0.25, 0.3) is 22.3 Å². The van der Waals surface area contributed by atoms with Crippen molar-refractivity contribution in [2.24, 2.45) is 0 Å². The van der Waals surface area contributed by atoms with E-state index in [-0.39, 0.29) is 12.5 Å². The molecule has 0 unspecified atom stereocenters. The number of aromatic nitrogens is 4. The number of pyridine rings is 2. The van der Waals surface area contributed by atoms with E-state index in [0.29, 0.717) is 40.3 Å². The van der Waals surface area contributed by atoms with Gasteiger partial charge in [0.2, 0.25) is 0 Å². The van der Waals surface area contributed by atoms with Gasteiger partial charge < -0.3 is 19.2 Å². The SMILES string of the molecule is COc1ccc(OC)c(CNC(=O)c2cc(-c3cccnc3)nc3c2cnn3Cc2ccco2)c1. The number of carbonyl (C=O) groups excluding carboxylic acids is 1. The molecule has 1 N–H and O–H groups in total. The first-order valence-electron chi connectivity index (χ1n) is 10.9. The molecule has 0 aliphatic heterocycles. The highest BCUT2D eigenvalue weighted by molar-refractivity contribution is 6.06. The second-order valence-corrected chi connectivity index (χ2v) is 7.78. The van der Waals surface area contributed by atoms with E-state index in [4.69, 9.17) is 18.9 Å². The molecule has 0 aliphatic carbocycles. The fourth-order valence-corrected chi connectivity index (χ4v) is 3.85. The Morgan fingerprint density at radius 3 is 2.74 bits per heavy atom. The molecular formula is C26H23N5O4. The average Bonchev–Trinajstić information content (AvgIpc) is 3.57. The molecule has 5 aromatic rings. The number of benzene rings is 1. The Balaban J connectivity index is 1.52. The Morgan fingerprint density at radius 2 is 2.00 bits per heavy atom. The van der Waals surface area contributed by atoms with Gasteiger partial charge in [0, 0.05) is 30.1 Å². The zero-order valence-corrected chi connectivity index (χ0v) is 19.3. The fourth-order valence-electron chi connectivity index (χ4n) is 3.85. The van der Waals surface area contributed by atoms with Gasteiger partial charge in [-0.25, -0.2) is 9.67 Å². The van der Waals surface area contributed by atoms with Crippen molar-refractivity contribution in [1.29, 1.82) is 0 Å². The number of methoxy groups -OCH3 is 2. The van der Waals surface area contributed by atoms with Gasteiger partial charge in [-0.1, -0.05) is 0 Å². The Kier molecular flexibility index (Phi) is 6.13. The second-order valence-electron chi connectivity index (χ2n) is 7.78. The Labute approximate surface area is 201 Å². The number of nitrogens with zero attached hydrogens (tertiary/aromatic N) is 4. The first-order valence-corrected chi connectivity index (χ1v) is 10.9.